The highest BCUT2D eigenvalue weighted by Crippen LogP contribution is 2.40. The van der Waals surface area contributed by atoms with E-state index in [9.17, 15) is 13.5 Å². The van der Waals surface area contributed by atoms with Gasteiger partial charge < -0.3 is 19.3 Å². The predicted octanol–water partition coefficient (Wildman–Crippen LogP) is -0.121. The van der Waals surface area contributed by atoms with E-state index in [-0.39, 0.29) is 6.54 Å². The SMILES string of the molecule is CC1(C)O[C@H]2O[C@H]([C@H](O)CN=[N+]=[N-])[C@H](OS(C)(=O)=O)[C@H]2O1. The molecule has 0 aromatic rings. The van der Waals surface area contributed by atoms with Crippen molar-refractivity contribution in [1.82, 2.24) is 0 Å². The Morgan fingerprint density at radius 1 is 1.48 bits per heavy atom. The number of hydrogen-bond acceptors (Lipinski definition) is 8. The Kier molecular flexibility index (Phi) is 4.45. The van der Waals surface area contributed by atoms with Gasteiger partial charge in [-0.2, -0.15) is 8.42 Å². The third kappa shape index (κ3) is 3.83. The molecule has 11 heteroatoms. The maximum Gasteiger partial charge on any atom is 0.264 e. The fraction of sp³-hybridized carbons (Fsp3) is 1.00. The normalized spacial score (nSPS) is 36.0. The van der Waals surface area contributed by atoms with Crippen molar-refractivity contribution in [3.63, 3.8) is 0 Å². The highest BCUT2D eigenvalue weighted by Gasteiger charge is 2.57. The molecule has 0 spiro atoms. The zero-order valence-corrected chi connectivity index (χ0v) is 12.6. The van der Waals surface area contributed by atoms with Crippen LogP contribution in [-0.2, 0) is 28.5 Å². The number of nitrogens with zero attached hydrogens (tertiary/aromatic N) is 3. The van der Waals surface area contributed by atoms with Crippen molar-refractivity contribution in [2.24, 2.45) is 5.11 Å². The summed E-state index contributed by atoms with van der Waals surface area (Å²) in [5, 5.41) is 13.2. The fourth-order valence-corrected chi connectivity index (χ4v) is 2.97. The molecule has 2 saturated heterocycles. The maximum atomic E-state index is 11.4. The molecule has 2 heterocycles. The minimum atomic E-state index is -3.80. The Bertz CT molecular complexity index is 545. The summed E-state index contributed by atoms with van der Waals surface area (Å²) in [6.45, 7) is 3.02. The van der Waals surface area contributed by atoms with E-state index >= 15 is 0 Å². The van der Waals surface area contributed by atoms with Gasteiger partial charge in [-0.25, -0.2) is 0 Å². The van der Waals surface area contributed by atoms with Crippen molar-refractivity contribution in [3.8, 4) is 0 Å². The number of aliphatic hydroxyl groups excluding tert-OH is 1. The third-order valence-corrected chi connectivity index (χ3v) is 3.60. The zero-order valence-electron chi connectivity index (χ0n) is 11.7. The fourth-order valence-electron chi connectivity index (χ4n) is 2.35. The third-order valence-electron chi connectivity index (χ3n) is 3.02. The smallest absolute Gasteiger partial charge is 0.264 e. The number of hydrogen-bond donors (Lipinski definition) is 1. The van der Waals surface area contributed by atoms with Crippen LogP contribution in [0.5, 0.6) is 0 Å². The summed E-state index contributed by atoms with van der Waals surface area (Å²) < 4.78 is 44.2. The molecule has 1 N–H and O–H groups in total. The molecule has 2 aliphatic heterocycles. The van der Waals surface area contributed by atoms with Crippen LogP contribution in [0.4, 0.5) is 0 Å². The number of rotatable bonds is 5. The molecule has 120 valence electrons. The second-order valence-corrected chi connectivity index (χ2v) is 6.92. The summed E-state index contributed by atoms with van der Waals surface area (Å²) in [6.07, 6.45) is -4.16. The first-order valence-corrected chi connectivity index (χ1v) is 8.03. The molecular weight excluding hydrogens is 306 g/mol. The van der Waals surface area contributed by atoms with Crippen molar-refractivity contribution in [2.75, 3.05) is 12.8 Å². The molecule has 0 bridgehead atoms. The first kappa shape index (κ1) is 16.4. The van der Waals surface area contributed by atoms with Crippen molar-refractivity contribution in [1.29, 1.82) is 0 Å². The van der Waals surface area contributed by atoms with Gasteiger partial charge >= 0.3 is 0 Å². The van der Waals surface area contributed by atoms with Crippen LogP contribution in [0.2, 0.25) is 0 Å². The van der Waals surface area contributed by atoms with E-state index in [1.165, 1.54) is 0 Å². The van der Waals surface area contributed by atoms with Gasteiger partial charge in [-0.15, -0.1) is 0 Å². The lowest BCUT2D eigenvalue weighted by molar-refractivity contribution is -0.222. The lowest BCUT2D eigenvalue weighted by Gasteiger charge is -2.27. The average molecular weight is 323 g/mol. The lowest BCUT2D eigenvalue weighted by Crippen LogP contribution is -2.44. The van der Waals surface area contributed by atoms with Crippen LogP contribution >= 0.6 is 0 Å². The van der Waals surface area contributed by atoms with Gasteiger partial charge in [-0.1, -0.05) is 5.11 Å². The summed E-state index contributed by atoms with van der Waals surface area (Å²) in [7, 11) is -3.80. The quantitative estimate of drug-likeness (QED) is 0.322. The molecular formula is C10H17N3O7S. The van der Waals surface area contributed by atoms with Crippen LogP contribution in [0.3, 0.4) is 0 Å². The first-order valence-electron chi connectivity index (χ1n) is 6.21. The van der Waals surface area contributed by atoms with E-state index < -0.39 is 46.6 Å². The summed E-state index contributed by atoms with van der Waals surface area (Å²) in [4.78, 5) is 2.53. The van der Waals surface area contributed by atoms with Crippen LogP contribution < -0.4 is 0 Å². The summed E-state index contributed by atoms with van der Waals surface area (Å²) in [5.41, 5.74) is 8.27. The Hall–Kier alpha value is -0.940. The molecule has 5 atom stereocenters. The number of azide groups is 1. The summed E-state index contributed by atoms with van der Waals surface area (Å²) in [6, 6.07) is 0. The van der Waals surface area contributed by atoms with Gasteiger partial charge in [0.1, 0.15) is 18.3 Å². The van der Waals surface area contributed by atoms with E-state index in [1.54, 1.807) is 13.8 Å². The zero-order chi connectivity index (χ0) is 15.8. The van der Waals surface area contributed by atoms with E-state index in [4.69, 9.17) is 23.9 Å². The standard InChI is InChI=1S/C10H17N3O7S/c1-10(2)18-8-7(20-21(3,15)16)6(17-9(8)19-10)5(14)4-12-13-11/h5-9,14H,4H2,1-3H3/t5-,6-,7+,8-,9-/m1/s1. The minimum absolute atomic E-state index is 0.284. The highest BCUT2D eigenvalue weighted by atomic mass is 32.2. The molecule has 0 aliphatic carbocycles. The molecule has 2 fully saturated rings. The molecule has 0 radical (unpaired) electrons. The van der Waals surface area contributed by atoms with Gasteiger partial charge in [0.2, 0.25) is 0 Å². The number of ether oxygens (including phenoxy) is 3. The van der Waals surface area contributed by atoms with Crippen LogP contribution in [0.1, 0.15) is 13.8 Å². The Labute approximate surface area is 121 Å². The van der Waals surface area contributed by atoms with Gasteiger partial charge in [-0.05, 0) is 19.4 Å². The van der Waals surface area contributed by atoms with Gasteiger partial charge in [0, 0.05) is 4.91 Å². The second kappa shape index (κ2) is 5.69. The number of fused-ring (bicyclic) bond motifs is 1. The highest BCUT2D eigenvalue weighted by molar-refractivity contribution is 7.86. The molecule has 2 rings (SSSR count). The van der Waals surface area contributed by atoms with Gasteiger partial charge in [-0.3, -0.25) is 4.18 Å². The van der Waals surface area contributed by atoms with E-state index in [1.807, 2.05) is 0 Å². The van der Waals surface area contributed by atoms with Crippen molar-refractivity contribution < 1.29 is 31.9 Å². The topological polar surface area (TPSA) is 140 Å². The Morgan fingerprint density at radius 3 is 2.71 bits per heavy atom. The molecule has 0 aromatic heterocycles. The molecule has 21 heavy (non-hydrogen) atoms. The largest absolute Gasteiger partial charge is 0.390 e. The van der Waals surface area contributed by atoms with Crippen LogP contribution in [0.15, 0.2) is 5.11 Å². The molecule has 0 aromatic carbocycles. The van der Waals surface area contributed by atoms with E-state index in [2.05, 4.69) is 10.0 Å². The second-order valence-electron chi connectivity index (χ2n) is 5.31. The van der Waals surface area contributed by atoms with Crippen LogP contribution in [0.25, 0.3) is 10.4 Å². The molecule has 2 aliphatic rings. The van der Waals surface area contributed by atoms with E-state index in [0.29, 0.717) is 0 Å². The Balaban J connectivity index is 2.20. The molecule has 0 amide bonds. The lowest BCUT2D eigenvalue weighted by atomic mass is 10.1. The van der Waals surface area contributed by atoms with Gasteiger partial charge in [0.15, 0.2) is 12.1 Å². The molecule has 10 nitrogen and oxygen atoms in total. The first-order chi connectivity index (χ1) is 9.63. The summed E-state index contributed by atoms with van der Waals surface area (Å²) in [5.74, 6) is -0.949. The summed E-state index contributed by atoms with van der Waals surface area (Å²) >= 11 is 0. The predicted molar refractivity (Wildman–Crippen MR) is 68.4 cm³/mol. The van der Waals surface area contributed by atoms with Crippen molar-refractivity contribution in [2.45, 2.75) is 50.3 Å². The minimum Gasteiger partial charge on any atom is -0.390 e. The molecule has 0 saturated carbocycles. The maximum absolute atomic E-state index is 11.4. The Morgan fingerprint density at radius 2 is 2.14 bits per heavy atom. The monoisotopic (exact) mass is 323 g/mol. The van der Waals surface area contributed by atoms with Gasteiger partial charge in [0.25, 0.3) is 10.1 Å². The van der Waals surface area contributed by atoms with Crippen molar-refractivity contribution in [3.05, 3.63) is 10.4 Å². The van der Waals surface area contributed by atoms with Crippen LogP contribution in [-0.4, -0.2) is 62.8 Å². The van der Waals surface area contributed by atoms with Gasteiger partial charge in [0.05, 0.1) is 18.9 Å². The van der Waals surface area contributed by atoms with Crippen LogP contribution in [0, 0.1) is 0 Å². The number of aliphatic hydroxyl groups is 1. The average Bonchev–Trinajstić information content (AvgIpc) is 2.78. The molecule has 0 unspecified atom stereocenters. The van der Waals surface area contributed by atoms with E-state index in [0.717, 1.165) is 6.26 Å². The van der Waals surface area contributed by atoms with Crippen molar-refractivity contribution >= 4 is 10.1 Å².